The second kappa shape index (κ2) is 4.10. The maximum atomic E-state index is 13.1. The molecule has 0 bridgehead atoms. The molecule has 0 saturated heterocycles. The SMILES string of the molecule is O=C(O)c1cc(-c2ccncc2)ccc1F. The van der Waals surface area contributed by atoms with Gasteiger partial charge in [0, 0.05) is 12.4 Å². The van der Waals surface area contributed by atoms with E-state index in [1.54, 1.807) is 24.5 Å². The lowest BCUT2D eigenvalue weighted by Crippen LogP contribution is -2.00. The maximum Gasteiger partial charge on any atom is 0.338 e. The van der Waals surface area contributed by atoms with E-state index in [0.717, 1.165) is 11.6 Å². The average molecular weight is 217 g/mol. The van der Waals surface area contributed by atoms with Gasteiger partial charge in [-0.2, -0.15) is 0 Å². The molecular weight excluding hydrogens is 209 g/mol. The molecule has 0 unspecified atom stereocenters. The number of nitrogens with zero attached hydrogens (tertiary/aromatic N) is 1. The Labute approximate surface area is 91.2 Å². The van der Waals surface area contributed by atoms with Gasteiger partial charge in [0.25, 0.3) is 0 Å². The van der Waals surface area contributed by atoms with Crippen LogP contribution in [-0.4, -0.2) is 16.1 Å². The topological polar surface area (TPSA) is 50.2 Å². The molecule has 1 aromatic heterocycles. The molecule has 0 amide bonds. The van der Waals surface area contributed by atoms with Crippen molar-refractivity contribution >= 4 is 5.97 Å². The highest BCUT2D eigenvalue weighted by atomic mass is 19.1. The number of carboxylic acid groups (broad SMARTS) is 1. The second-order valence-electron chi connectivity index (χ2n) is 3.24. The fourth-order valence-electron chi connectivity index (χ4n) is 1.41. The standard InChI is InChI=1S/C12H8FNO2/c13-11-2-1-9(7-10(11)12(15)16)8-3-5-14-6-4-8/h1-7H,(H,15,16). The van der Waals surface area contributed by atoms with Gasteiger partial charge in [0.2, 0.25) is 0 Å². The minimum Gasteiger partial charge on any atom is -0.478 e. The van der Waals surface area contributed by atoms with Gasteiger partial charge in [0.1, 0.15) is 5.82 Å². The highest BCUT2D eigenvalue weighted by Gasteiger charge is 2.11. The summed E-state index contributed by atoms with van der Waals surface area (Å²) < 4.78 is 13.1. The van der Waals surface area contributed by atoms with E-state index in [0.29, 0.717) is 5.56 Å². The van der Waals surface area contributed by atoms with E-state index < -0.39 is 11.8 Å². The molecule has 0 atom stereocenters. The van der Waals surface area contributed by atoms with E-state index in [9.17, 15) is 9.18 Å². The third kappa shape index (κ3) is 1.91. The Bertz CT molecular complexity index is 526. The number of hydrogen-bond donors (Lipinski definition) is 1. The number of hydrogen-bond acceptors (Lipinski definition) is 2. The monoisotopic (exact) mass is 217 g/mol. The van der Waals surface area contributed by atoms with Crippen LogP contribution in [0.4, 0.5) is 4.39 Å². The quantitative estimate of drug-likeness (QED) is 0.841. The molecule has 1 heterocycles. The van der Waals surface area contributed by atoms with Crippen LogP contribution in [0.15, 0.2) is 42.7 Å². The fourth-order valence-corrected chi connectivity index (χ4v) is 1.41. The summed E-state index contributed by atoms with van der Waals surface area (Å²) in [6, 6.07) is 7.47. The molecule has 2 rings (SSSR count). The van der Waals surface area contributed by atoms with Crippen LogP contribution in [0.25, 0.3) is 11.1 Å². The van der Waals surface area contributed by atoms with Gasteiger partial charge in [0.05, 0.1) is 5.56 Å². The summed E-state index contributed by atoms with van der Waals surface area (Å²) in [6.07, 6.45) is 3.19. The van der Waals surface area contributed by atoms with Gasteiger partial charge in [-0.3, -0.25) is 4.98 Å². The van der Waals surface area contributed by atoms with Crippen LogP contribution in [0.5, 0.6) is 0 Å². The van der Waals surface area contributed by atoms with Crippen molar-refractivity contribution in [2.75, 3.05) is 0 Å². The van der Waals surface area contributed by atoms with Crippen molar-refractivity contribution in [2.24, 2.45) is 0 Å². The molecule has 0 spiro atoms. The summed E-state index contributed by atoms with van der Waals surface area (Å²) in [6.45, 7) is 0. The van der Waals surface area contributed by atoms with Crippen LogP contribution in [0, 0.1) is 5.82 Å². The molecule has 0 aliphatic carbocycles. The summed E-state index contributed by atoms with van der Waals surface area (Å²) in [5.74, 6) is -2.00. The van der Waals surface area contributed by atoms with Crippen molar-refractivity contribution in [1.82, 2.24) is 4.98 Å². The number of aromatic carboxylic acids is 1. The second-order valence-corrected chi connectivity index (χ2v) is 3.24. The van der Waals surface area contributed by atoms with Crippen molar-refractivity contribution in [3.8, 4) is 11.1 Å². The summed E-state index contributed by atoms with van der Waals surface area (Å²) >= 11 is 0. The normalized spacial score (nSPS) is 10.1. The van der Waals surface area contributed by atoms with Crippen molar-refractivity contribution < 1.29 is 14.3 Å². The van der Waals surface area contributed by atoms with Crippen molar-refractivity contribution in [1.29, 1.82) is 0 Å². The zero-order valence-electron chi connectivity index (χ0n) is 8.22. The molecule has 0 fully saturated rings. The Balaban J connectivity index is 2.52. The van der Waals surface area contributed by atoms with E-state index >= 15 is 0 Å². The lowest BCUT2D eigenvalue weighted by molar-refractivity contribution is 0.0692. The van der Waals surface area contributed by atoms with Crippen LogP contribution >= 0.6 is 0 Å². The summed E-state index contributed by atoms with van der Waals surface area (Å²) in [7, 11) is 0. The molecule has 0 aliphatic heterocycles. The number of carboxylic acids is 1. The Kier molecular flexibility index (Phi) is 2.64. The number of aromatic nitrogens is 1. The van der Waals surface area contributed by atoms with Crippen molar-refractivity contribution in [3.05, 3.63) is 54.1 Å². The van der Waals surface area contributed by atoms with Gasteiger partial charge in [-0.25, -0.2) is 9.18 Å². The van der Waals surface area contributed by atoms with Crippen molar-refractivity contribution in [2.45, 2.75) is 0 Å². The van der Waals surface area contributed by atoms with Gasteiger partial charge < -0.3 is 5.11 Å². The zero-order chi connectivity index (χ0) is 11.5. The van der Waals surface area contributed by atoms with Gasteiger partial charge in [-0.15, -0.1) is 0 Å². The third-order valence-electron chi connectivity index (χ3n) is 2.21. The van der Waals surface area contributed by atoms with Gasteiger partial charge in [-0.1, -0.05) is 6.07 Å². The molecule has 1 aromatic carbocycles. The van der Waals surface area contributed by atoms with E-state index in [4.69, 9.17) is 5.11 Å². The highest BCUT2D eigenvalue weighted by Crippen LogP contribution is 2.21. The lowest BCUT2D eigenvalue weighted by Gasteiger charge is -2.03. The van der Waals surface area contributed by atoms with Gasteiger partial charge in [0.15, 0.2) is 0 Å². The fraction of sp³-hybridized carbons (Fsp3) is 0. The largest absolute Gasteiger partial charge is 0.478 e. The molecule has 0 aliphatic rings. The Morgan fingerprint density at radius 3 is 2.44 bits per heavy atom. The molecular formula is C12H8FNO2. The number of benzene rings is 1. The minimum absolute atomic E-state index is 0.325. The van der Waals surface area contributed by atoms with E-state index in [2.05, 4.69) is 4.98 Å². The molecule has 80 valence electrons. The first-order chi connectivity index (χ1) is 7.68. The summed E-state index contributed by atoms with van der Waals surface area (Å²) in [4.78, 5) is 14.6. The first kappa shape index (κ1) is 10.3. The molecule has 0 saturated carbocycles. The lowest BCUT2D eigenvalue weighted by atomic mass is 10.0. The predicted molar refractivity (Wildman–Crippen MR) is 56.6 cm³/mol. The summed E-state index contributed by atoms with van der Waals surface area (Å²) in [5.41, 5.74) is 1.13. The van der Waals surface area contributed by atoms with E-state index in [-0.39, 0.29) is 5.56 Å². The predicted octanol–water partition coefficient (Wildman–Crippen LogP) is 2.59. The minimum atomic E-state index is -1.27. The summed E-state index contributed by atoms with van der Waals surface area (Å²) in [5, 5.41) is 8.78. The Morgan fingerprint density at radius 1 is 1.12 bits per heavy atom. The van der Waals surface area contributed by atoms with Crippen LogP contribution in [-0.2, 0) is 0 Å². The van der Waals surface area contributed by atoms with Crippen LogP contribution in [0.1, 0.15) is 10.4 Å². The highest BCUT2D eigenvalue weighted by molar-refractivity contribution is 5.89. The smallest absolute Gasteiger partial charge is 0.338 e. The third-order valence-corrected chi connectivity index (χ3v) is 2.21. The molecule has 16 heavy (non-hydrogen) atoms. The van der Waals surface area contributed by atoms with Crippen molar-refractivity contribution in [3.63, 3.8) is 0 Å². The Hall–Kier alpha value is -2.23. The number of rotatable bonds is 2. The number of halogens is 1. The molecule has 1 N–H and O–H groups in total. The average Bonchev–Trinajstić information content (AvgIpc) is 2.30. The molecule has 3 nitrogen and oxygen atoms in total. The van der Waals surface area contributed by atoms with Crippen LogP contribution < -0.4 is 0 Å². The first-order valence-corrected chi connectivity index (χ1v) is 4.62. The molecule has 0 radical (unpaired) electrons. The number of carbonyl (C=O) groups is 1. The van der Waals surface area contributed by atoms with Gasteiger partial charge >= 0.3 is 5.97 Å². The molecule has 2 aromatic rings. The van der Waals surface area contributed by atoms with Crippen LogP contribution in [0.2, 0.25) is 0 Å². The molecule has 4 heteroatoms. The first-order valence-electron chi connectivity index (χ1n) is 4.62. The van der Waals surface area contributed by atoms with Gasteiger partial charge in [-0.05, 0) is 35.4 Å². The zero-order valence-corrected chi connectivity index (χ0v) is 8.22. The Morgan fingerprint density at radius 2 is 1.81 bits per heavy atom. The van der Waals surface area contributed by atoms with E-state index in [1.807, 2.05) is 0 Å². The van der Waals surface area contributed by atoms with Crippen LogP contribution in [0.3, 0.4) is 0 Å². The number of pyridine rings is 1. The van der Waals surface area contributed by atoms with E-state index in [1.165, 1.54) is 12.1 Å². The maximum absolute atomic E-state index is 13.1.